The molecule has 0 saturated heterocycles. The van der Waals surface area contributed by atoms with Gasteiger partial charge in [-0.15, -0.1) is 0 Å². The van der Waals surface area contributed by atoms with Crippen molar-refractivity contribution in [3.05, 3.63) is 39.0 Å². The minimum Gasteiger partial charge on any atom is -0.462 e. The van der Waals surface area contributed by atoms with Crippen LogP contribution in [0.3, 0.4) is 0 Å². The number of hydrogen-bond donors (Lipinski definition) is 0. The molecule has 0 aliphatic carbocycles. The first-order chi connectivity index (χ1) is 13.0. The van der Waals surface area contributed by atoms with Gasteiger partial charge in [0.15, 0.2) is 11.5 Å². The number of fused-ring (bicyclic) bond motifs is 1. The summed E-state index contributed by atoms with van der Waals surface area (Å²) in [7, 11) is 1.56. The molecule has 8 heteroatoms. The summed E-state index contributed by atoms with van der Waals surface area (Å²) in [6.45, 7) is 4.55. The number of carbonyl (C=O) groups excluding carboxylic acids is 2. The van der Waals surface area contributed by atoms with Crippen molar-refractivity contribution in [3.63, 3.8) is 0 Å². The molecule has 2 aliphatic rings. The number of esters is 1. The Labute approximate surface area is 165 Å². The third-order valence-electron chi connectivity index (χ3n) is 4.30. The molecule has 0 saturated carbocycles. The topological polar surface area (TPSA) is 74.3 Å². The molecule has 1 aromatic rings. The fraction of sp³-hybridized carbons (Fsp3) is 0.368. The molecule has 27 heavy (non-hydrogen) atoms. The summed E-state index contributed by atoms with van der Waals surface area (Å²) in [5, 5.41) is 0. The predicted octanol–water partition coefficient (Wildman–Crippen LogP) is 2.89. The highest BCUT2D eigenvalue weighted by molar-refractivity contribution is 9.10. The second kappa shape index (κ2) is 8.14. The largest absolute Gasteiger partial charge is 0.462 e. The summed E-state index contributed by atoms with van der Waals surface area (Å²) in [4.78, 5) is 27.0. The molecule has 2 heterocycles. The van der Waals surface area contributed by atoms with E-state index < -0.39 is 5.97 Å². The second-order valence-electron chi connectivity index (χ2n) is 5.92. The van der Waals surface area contributed by atoms with Crippen LogP contribution < -0.4 is 9.47 Å². The molecular formula is C19H20BrNO6. The SMILES string of the molecule is CCOC(=O)C1=C(C)N(CCOC)C(=O)/C1=C\c1cc2c(cc1Br)OCO2. The van der Waals surface area contributed by atoms with E-state index in [0.29, 0.717) is 35.9 Å². The van der Waals surface area contributed by atoms with Crippen molar-refractivity contribution in [1.82, 2.24) is 4.90 Å². The third kappa shape index (κ3) is 3.72. The van der Waals surface area contributed by atoms with Crippen molar-refractivity contribution < 1.29 is 28.5 Å². The van der Waals surface area contributed by atoms with E-state index in [0.717, 1.165) is 4.47 Å². The number of halogens is 1. The molecule has 0 atom stereocenters. The maximum atomic E-state index is 13.0. The number of ether oxygens (including phenoxy) is 4. The highest BCUT2D eigenvalue weighted by Gasteiger charge is 2.37. The first kappa shape index (κ1) is 19.4. The van der Waals surface area contributed by atoms with Gasteiger partial charge in [0.05, 0.1) is 24.4 Å². The lowest BCUT2D eigenvalue weighted by Gasteiger charge is -2.16. The van der Waals surface area contributed by atoms with Crippen molar-refractivity contribution in [3.8, 4) is 11.5 Å². The molecule has 0 aromatic heterocycles. The van der Waals surface area contributed by atoms with Crippen LogP contribution in [0.1, 0.15) is 19.4 Å². The van der Waals surface area contributed by atoms with E-state index in [1.165, 1.54) is 4.90 Å². The van der Waals surface area contributed by atoms with E-state index >= 15 is 0 Å². The minimum atomic E-state index is -0.522. The molecule has 144 valence electrons. The first-order valence-corrected chi connectivity index (χ1v) is 9.27. The monoisotopic (exact) mass is 437 g/mol. The van der Waals surface area contributed by atoms with Crippen LogP contribution in [-0.2, 0) is 19.1 Å². The zero-order valence-corrected chi connectivity index (χ0v) is 16.9. The quantitative estimate of drug-likeness (QED) is 0.503. The maximum absolute atomic E-state index is 13.0. The van der Waals surface area contributed by atoms with Crippen molar-refractivity contribution in [1.29, 1.82) is 0 Å². The van der Waals surface area contributed by atoms with Gasteiger partial charge >= 0.3 is 5.97 Å². The van der Waals surface area contributed by atoms with Gasteiger partial charge in [0.1, 0.15) is 0 Å². The summed E-state index contributed by atoms with van der Waals surface area (Å²) in [5.74, 6) is 0.425. The van der Waals surface area contributed by atoms with Crippen LogP contribution in [0.2, 0.25) is 0 Å². The molecule has 0 radical (unpaired) electrons. The minimum absolute atomic E-state index is 0.151. The van der Waals surface area contributed by atoms with Crippen molar-refractivity contribution in [2.45, 2.75) is 13.8 Å². The fourth-order valence-corrected chi connectivity index (χ4v) is 3.42. The van der Waals surface area contributed by atoms with Crippen molar-refractivity contribution in [2.75, 3.05) is 33.7 Å². The first-order valence-electron chi connectivity index (χ1n) is 8.48. The van der Waals surface area contributed by atoms with Crippen LogP contribution in [0.5, 0.6) is 11.5 Å². The number of hydrogen-bond acceptors (Lipinski definition) is 6. The number of rotatable bonds is 6. The molecule has 0 spiro atoms. The highest BCUT2D eigenvalue weighted by atomic mass is 79.9. The standard InChI is InChI=1S/C19H20BrNO6/c1-4-25-19(23)17-11(2)21(5-6-24-3)18(22)13(17)7-12-8-15-16(9-14(12)20)27-10-26-15/h7-9H,4-6,10H2,1-3H3/b13-7-. The van der Waals surface area contributed by atoms with Crippen LogP contribution in [0, 0.1) is 0 Å². The number of allylic oxidation sites excluding steroid dienone is 1. The summed E-state index contributed by atoms with van der Waals surface area (Å²) in [5.41, 5.74) is 1.80. The Morgan fingerprint density at radius 1 is 1.33 bits per heavy atom. The smallest absolute Gasteiger partial charge is 0.340 e. The van der Waals surface area contributed by atoms with Crippen LogP contribution >= 0.6 is 15.9 Å². The number of amides is 1. The van der Waals surface area contributed by atoms with Crippen LogP contribution in [0.4, 0.5) is 0 Å². The van der Waals surface area contributed by atoms with Gasteiger partial charge in [-0.2, -0.15) is 0 Å². The molecule has 7 nitrogen and oxygen atoms in total. The Balaban J connectivity index is 2.05. The van der Waals surface area contributed by atoms with Gasteiger partial charge < -0.3 is 23.8 Å². The number of methoxy groups -OCH3 is 1. The number of carbonyl (C=O) groups is 2. The fourth-order valence-electron chi connectivity index (χ4n) is 2.98. The van der Waals surface area contributed by atoms with Gasteiger partial charge in [0.25, 0.3) is 5.91 Å². The van der Waals surface area contributed by atoms with Gasteiger partial charge in [-0.05, 0) is 37.6 Å². The Hall–Kier alpha value is -2.32. The summed E-state index contributed by atoms with van der Waals surface area (Å²) in [6, 6.07) is 3.54. The van der Waals surface area contributed by atoms with Crippen molar-refractivity contribution in [2.24, 2.45) is 0 Å². The Kier molecular flexibility index (Phi) is 5.86. The Morgan fingerprint density at radius 3 is 2.70 bits per heavy atom. The van der Waals surface area contributed by atoms with Crippen molar-refractivity contribution >= 4 is 33.9 Å². The zero-order valence-electron chi connectivity index (χ0n) is 15.3. The van der Waals surface area contributed by atoms with Crippen LogP contribution in [0.25, 0.3) is 6.08 Å². The van der Waals surface area contributed by atoms with Crippen LogP contribution in [-0.4, -0.2) is 50.4 Å². The van der Waals surface area contributed by atoms with E-state index in [9.17, 15) is 9.59 Å². The normalized spacial score (nSPS) is 17.3. The van der Waals surface area contributed by atoms with Gasteiger partial charge in [-0.1, -0.05) is 15.9 Å². The van der Waals surface area contributed by atoms with E-state index in [1.807, 2.05) is 0 Å². The number of benzene rings is 1. The van der Waals surface area contributed by atoms with Gasteiger partial charge in [0, 0.05) is 23.8 Å². The molecule has 3 rings (SSSR count). The maximum Gasteiger partial charge on any atom is 0.340 e. The van der Waals surface area contributed by atoms with E-state index in [1.54, 1.807) is 39.2 Å². The molecule has 1 amide bonds. The van der Waals surface area contributed by atoms with E-state index in [2.05, 4.69) is 15.9 Å². The lowest BCUT2D eigenvalue weighted by molar-refractivity contribution is -0.138. The molecule has 0 N–H and O–H groups in total. The lowest BCUT2D eigenvalue weighted by atomic mass is 10.0. The summed E-state index contributed by atoms with van der Waals surface area (Å²) >= 11 is 3.48. The van der Waals surface area contributed by atoms with Crippen LogP contribution in [0.15, 0.2) is 33.4 Å². The third-order valence-corrected chi connectivity index (χ3v) is 4.99. The highest BCUT2D eigenvalue weighted by Crippen LogP contribution is 2.39. The Morgan fingerprint density at radius 2 is 2.04 bits per heavy atom. The van der Waals surface area contributed by atoms with Gasteiger partial charge in [-0.3, -0.25) is 4.79 Å². The summed E-state index contributed by atoms with van der Waals surface area (Å²) in [6.07, 6.45) is 1.66. The zero-order chi connectivity index (χ0) is 19.6. The average Bonchev–Trinajstić information content (AvgIpc) is 3.17. The molecule has 0 bridgehead atoms. The molecular weight excluding hydrogens is 418 g/mol. The lowest BCUT2D eigenvalue weighted by Crippen LogP contribution is -2.28. The van der Waals surface area contributed by atoms with E-state index in [-0.39, 0.29) is 30.5 Å². The predicted molar refractivity (Wildman–Crippen MR) is 101 cm³/mol. The molecule has 0 fully saturated rings. The van der Waals surface area contributed by atoms with E-state index in [4.69, 9.17) is 18.9 Å². The molecule has 2 aliphatic heterocycles. The average molecular weight is 438 g/mol. The second-order valence-corrected chi connectivity index (χ2v) is 6.77. The van der Waals surface area contributed by atoms with Gasteiger partial charge in [-0.25, -0.2) is 4.79 Å². The Bertz CT molecular complexity index is 845. The molecule has 1 aromatic carbocycles. The summed E-state index contributed by atoms with van der Waals surface area (Å²) < 4.78 is 21.7. The van der Waals surface area contributed by atoms with Gasteiger partial charge in [0.2, 0.25) is 6.79 Å². The number of nitrogens with zero attached hydrogens (tertiary/aromatic N) is 1. The molecule has 0 unspecified atom stereocenters.